The maximum atomic E-state index is 4.49. The van der Waals surface area contributed by atoms with Crippen LogP contribution in [0.4, 0.5) is 5.82 Å². The number of aromatic nitrogens is 1. The summed E-state index contributed by atoms with van der Waals surface area (Å²) in [5.41, 5.74) is 1.58. The Morgan fingerprint density at radius 2 is 2.00 bits per heavy atom. The molecule has 0 radical (unpaired) electrons. The summed E-state index contributed by atoms with van der Waals surface area (Å²) in [5, 5.41) is 0. The van der Waals surface area contributed by atoms with Crippen molar-refractivity contribution < 1.29 is 0 Å². The van der Waals surface area contributed by atoms with Gasteiger partial charge in [-0.25, -0.2) is 4.98 Å². The van der Waals surface area contributed by atoms with Gasteiger partial charge in [0.15, 0.2) is 0 Å². The molecular formula is C11H16N2. The van der Waals surface area contributed by atoms with Gasteiger partial charge >= 0.3 is 0 Å². The van der Waals surface area contributed by atoms with Crippen molar-refractivity contribution in [3.05, 3.63) is 23.9 Å². The zero-order chi connectivity index (χ0) is 9.47. The molecule has 1 aliphatic heterocycles. The lowest BCUT2D eigenvalue weighted by atomic mass is 9.84. The van der Waals surface area contributed by atoms with Gasteiger partial charge in [-0.2, -0.15) is 0 Å². The van der Waals surface area contributed by atoms with Crippen molar-refractivity contribution in [2.24, 2.45) is 5.41 Å². The smallest absolute Gasteiger partial charge is 0.128 e. The van der Waals surface area contributed by atoms with Crippen LogP contribution in [0.25, 0.3) is 0 Å². The Balaban J connectivity index is 2.11. The third-order valence-electron chi connectivity index (χ3n) is 2.44. The van der Waals surface area contributed by atoms with Crippen LogP contribution in [0.5, 0.6) is 0 Å². The summed E-state index contributed by atoms with van der Waals surface area (Å²) in [6, 6.07) is 6.19. The van der Waals surface area contributed by atoms with Crippen molar-refractivity contribution in [1.29, 1.82) is 0 Å². The van der Waals surface area contributed by atoms with Crippen LogP contribution in [-0.2, 0) is 0 Å². The first kappa shape index (κ1) is 8.54. The minimum atomic E-state index is 0.478. The SMILES string of the molecule is Cc1cccc(N2CC(C)(C)C2)n1. The molecule has 0 spiro atoms. The van der Waals surface area contributed by atoms with E-state index in [2.05, 4.69) is 35.9 Å². The Labute approximate surface area is 79.6 Å². The van der Waals surface area contributed by atoms with E-state index in [9.17, 15) is 0 Å². The molecule has 1 aromatic rings. The first-order valence-corrected chi connectivity index (χ1v) is 4.75. The van der Waals surface area contributed by atoms with Crippen LogP contribution in [0.15, 0.2) is 18.2 Å². The van der Waals surface area contributed by atoms with Crippen LogP contribution in [0.3, 0.4) is 0 Å². The molecule has 0 bridgehead atoms. The molecule has 1 fully saturated rings. The summed E-state index contributed by atoms with van der Waals surface area (Å²) < 4.78 is 0. The summed E-state index contributed by atoms with van der Waals surface area (Å²) in [4.78, 5) is 6.81. The number of hydrogen-bond acceptors (Lipinski definition) is 2. The summed E-state index contributed by atoms with van der Waals surface area (Å²) >= 11 is 0. The number of pyridine rings is 1. The van der Waals surface area contributed by atoms with E-state index in [-0.39, 0.29) is 0 Å². The van der Waals surface area contributed by atoms with Crippen molar-refractivity contribution >= 4 is 5.82 Å². The molecule has 0 N–H and O–H groups in total. The number of aryl methyl sites for hydroxylation is 1. The fourth-order valence-corrected chi connectivity index (χ4v) is 1.85. The van der Waals surface area contributed by atoms with Crippen molar-refractivity contribution in [2.75, 3.05) is 18.0 Å². The Kier molecular flexibility index (Phi) is 1.79. The van der Waals surface area contributed by atoms with Gasteiger partial charge in [0.2, 0.25) is 0 Å². The summed E-state index contributed by atoms with van der Waals surface area (Å²) in [5.74, 6) is 1.12. The minimum absolute atomic E-state index is 0.478. The van der Waals surface area contributed by atoms with Gasteiger partial charge in [0.05, 0.1) is 0 Å². The van der Waals surface area contributed by atoms with Crippen molar-refractivity contribution in [3.8, 4) is 0 Å². The van der Waals surface area contributed by atoms with E-state index in [4.69, 9.17) is 0 Å². The van der Waals surface area contributed by atoms with Gasteiger partial charge in [0.1, 0.15) is 5.82 Å². The molecule has 0 aromatic carbocycles. The third kappa shape index (κ3) is 1.67. The first-order chi connectivity index (χ1) is 6.07. The van der Waals surface area contributed by atoms with Gasteiger partial charge in [-0.15, -0.1) is 0 Å². The monoisotopic (exact) mass is 176 g/mol. The van der Waals surface area contributed by atoms with E-state index in [1.807, 2.05) is 13.0 Å². The fraction of sp³-hybridized carbons (Fsp3) is 0.545. The van der Waals surface area contributed by atoms with Crippen LogP contribution in [-0.4, -0.2) is 18.1 Å². The van der Waals surface area contributed by atoms with E-state index in [1.165, 1.54) is 0 Å². The molecule has 0 amide bonds. The van der Waals surface area contributed by atoms with E-state index in [0.717, 1.165) is 24.6 Å². The van der Waals surface area contributed by atoms with E-state index in [1.54, 1.807) is 0 Å². The maximum Gasteiger partial charge on any atom is 0.128 e. The molecule has 2 nitrogen and oxygen atoms in total. The Bertz CT molecular complexity index is 310. The highest BCUT2D eigenvalue weighted by Crippen LogP contribution is 2.32. The van der Waals surface area contributed by atoms with Gasteiger partial charge in [-0.1, -0.05) is 19.9 Å². The number of rotatable bonds is 1. The standard InChI is InChI=1S/C11H16N2/c1-9-5-4-6-10(12-9)13-7-11(2,3)8-13/h4-6H,7-8H2,1-3H3. The topological polar surface area (TPSA) is 16.1 Å². The predicted octanol–water partition coefficient (Wildman–Crippen LogP) is 2.24. The maximum absolute atomic E-state index is 4.49. The van der Waals surface area contributed by atoms with Gasteiger partial charge < -0.3 is 4.90 Å². The lowest BCUT2D eigenvalue weighted by molar-refractivity contribution is 0.274. The highest BCUT2D eigenvalue weighted by atomic mass is 15.2. The van der Waals surface area contributed by atoms with Crippen LogP contribution in [0.2, 0.25) is 0 Å². The second kappa shape index (κ2) is 2.72. The molecule has 2 heterocycles. The molecule has 0 atom stereocenters. The van der Waals surface area contributed by atoms with E-state index < -0.39 is 0 Å². The second-order valence-electron chi connectivity index (χ2n) is 4.66. The normalized spacial score (nSPS) is 19.8. The minimum Gasteiger partial charge on any atom is -0.355 e. The van der Waals surface area contributed by atoms with Crippen molar-refractivity contribution in [2.45, 2.75) is 20.8 Å². The predicted molar refractivity (Wildman–Crippen MR) is 55.0 cm³/mol. The van der Waals surface area contributed by atoms with Crippen LogP contribution in [0.1, 0.15) is 19.5 Å². The third-order valence-corrected chi connectivity index (χ3v) is 2.44. The Morgan fingerprint density at radius 1 is 1.31 bits per heavy atom. The Morgan fingerprint density at radius 3 is 2.54 bits per heavy atom. The molecule has 0 unspecified atom stereocenters. The van der Waals surface area contributed by atoms with Gasteiger partial charge in [-0.05, 0) is 24.5 Å². The molecular weight excluding hydrogens is 160 g/mol. The molecule has 0 saturated carbocycles. The van der Waals surface area contributed by atoms with Gasteiger partial charge in [-0.3, -0.25) is 0 Å². The van der Waals surface area contributed by atoms with Crippen LogP contribution in [0, 0.1) is 12.3 Å². The molecule has 2 heteroatoms. The molecule has 1 aliphatic rings. The number of nitrogens with zero attached hydrogens (tertiary/aromatic N) is 2. The van der Waals surface area contributed by atoms with Crippen LogP contribution >= 0.6 is 0 Å². The average molecular weight is 176 g/mol. The number of anilines is 1. The largest absolute Gasteiger partial charge is 0.355 e. The molecule has 70 valence electrons. The number of hydrogen-bond donors (Lipinski definition) is 0. The highest BCUT2D eigenvalue weighted by Gasteiger charge is 2.34. The van der Waals surface area contributed by atoms with E-state index in [0.29, 0.717) is 5.41 Å². The highest BCUT2D eigenvalue weighted by molar-refractivity contribution is 5.43. The fourth-order valence-electron chi connectivity index (χ4n) is 1.85. The lowest BCUT2D eigenvalue weighted by Crippen LogP contribution is -2.53. The van der Waals surface area contributed by atoms with Crippen LogP contribution < -0.4 is 4.90 Å². The molecule has 1 saturated heterocycles. The quantitative estimate of drug-likeness (QED) is 0.652. The van der Waals surface area contributed by atoms with Gasteiger partial charge in [0.25, 0.3) is 0 Å². The zero-order valence-electron chi connectivity index (χ0n) is 8.54. The molecule has 2 rings (SSSR count). The molecule has 1 aromatic heterocycles. The van der Waals surface area contributed by atoms with E-state index >= 15 is 0 Å². The van der Waals surface area contributed by atoms with Crippen molar-refractivity contribution in [1.82, 2.24) is 4.98 Å². The second-order valence-corrected chi connectivity index (χ2v) is 4.66. The zero-order valence-corrected chi connectivity index (χ0v) is 8.54. The summed E-state index contributed by atoms with van der Waals surface area (Å²) in [7, 11) is 0. The summed E-state index contributed by atoms with van der Waals surface area (Å²) in [6.07, 6.45) is 0. The Hall–Kier alpha value is -1.05. The van der Waals surface area contributed by atoms with Crippen molar-refractivity contribution in [3.63, 3.8) is 0 Å². The summed E-state index contributed by atoms with van der Waals surface area (Å²) in [6.45, 7) is 8.87. The lowest BCUT2D eigenvalue weighted by Gasteiger charge is -2.46. The molecule has 13 heavy (non-hydrogen) atoms. The molecule has 0 aliphatic carbocycles. The first-order valence-electron chi connectivity index (χ1n) is 4.75. The van der Waals surface area contributed by atoms with Gasteiger partial charge in [0, 0.05) is 18.8 Å². The average Bonchev–Trinajstić information content (AvgIpc) is 2.00.